The van der Waals surface area contributed by atoms with Crippen LogP contribution in [0.2, 0.25) is 0 Å². The molecule has 0 unspecified atom stereocenters. The number of rotatable bonds is 9. The summed E-state index contributed by atoms with van der Waals surface area (Å²) in [5.74, 6) is -0.238. The number of methoxy groups -OCH3 is 1. The van der Waals surface area contributed by atoms with Gasteiger partial charge in [-0.15, -0.1) is 0 Å². The van der Waals surface area contributed by atoms with Crippen molar-refractivity contribution in [2.45, 2.75) is 24.9 Å². The van der Waals surface area contributed by atoms with E-state index in [0.29, 0.717) is 23.9 Å². The number of hydrogen-bond donors (Lipinski definition) is 3. The van der Waals surface area contributed by atoms with Crippen molar-refractivity contribution in [3.8, 4) is 5.75 Å². The van der Waals surface area contributed by atoms with Crippen LogP contribution in [0, 0.1) is 0 Å². The normalized spacial score (nSPS) is 14.8. The minimum absolute atomic E-state index is 0.0612. The first kappa shape index (κ1) is 27.2. The summed E-state index contributed by atoms with van der Waals surface area (Å²) in [6.45, 7) is 1.72. The number of aromatic carboxylic acids is 1. The predicted octanol–water partition coefficient (Wildman–Crippen LogP) is 6.44. The van der Waals surface area contributed by atoms with E-state index in [9.17, 15) is 27.5 Å². The molecule has 202 valence electrons. The first-order valence-corrected chi connectivity index (χ1v) is 12.1. The van der Waals surface area contributed by atoms with Gasteiger partial charge in [-0.2, -0.15) is 13.2 Å². The van der Waals surface area contributed by atoms with Crippen LogP contribution in [0.5, 0.6) is 5.75 Å². The van der Waals surface area contributed by atoms with Crippen LogP contribution in [0.4, 0.5) is 40.4 Å². The lowest BCUT2D eigenvalue weighted by Gasteiger charge is -2.31. The van der Waals surface area contributed by atoms with Crippen molar-refractivity contribution in [2.75, 3.05) is 44.1 Å². The van der Waals surface area contributed by atoms with Gasteiger partial charge in [-0.05, 0) is 67.7 Å². The molecule has 1 fully saturated rings. The van der Waals surface area contributed by atoms with Crippen molar-refractivity contribution < 1.29 is 32.2 Å². The van der Waals surface area contributed by atoms with Gasteiger partial charge in [-0.1, -0.05) is 12.1 Å². The number of alkyl halides is 4. The highest BCUT2D eigenvalue weighted by molar-refractivity contribution is 5.89. The molecular weight excluding hydrogens is 504 g/mol. The fraction of sp³-hybridized carbons (Fsp3) is 0.333. The highest BCUT2D eigenvalue weighted by Gasteiger charge is 2.34. The summed E-state index contributed by atoms with van der Waals surface area (Å²) in [4.78, 5) is 17.3. The number of anilines is 4. The molecule has 38 heavy (non-hydrogen) atoms. The van der Waals surface area contributed by atoms with Crippen LogP contribution in [0.1, 0.15) is 40.2 Å². The Morgan fingerprint density at radius 3 is 2.53 bits per heavy atom. The molecule has 0 radical (unpaired) electrons. The van der Waals surface area contributed by atoms with E-state index < -0.39 is 17.7 Å². The second-order valence-corrected chi connectivity index (χ2v) is 9.01. The molecule has 4 rings (SSSR count). The maximum absolute atomic E-state index is 13.7. The number of nitrogens with zero attached hydrogens (tertiary/aromatic N) is 2. The lowest BCUT2D eigenvalue weighted by molar-refractivity contribution is -0.137. The molecule has 2 heterocycles. The van der Waals surface area contributed by atoms with Gasteiger partial charge < -0.3 is 25.4 Å². The molecule has 0 spiro atoms. The van der Waals surface area contributed by atoms with E-state index in [1.165, 1.54) is 37.4 Å². The third kappa shape index (κ3) is 6.52. The van der Waals surface area contributed by atoms with Crippen LogP contribution in [0.25, 0.3) is 0 Å². The fourth-order valence-corrected chi connectivity index (χ4v) is 4.55. The fourth-order valence-electron chi connectivity index (χ4n) is 4.55. The number of likely N-dealkylation sites (tertiary alicyclic amines) is 1. The second-order valence-electron chi connectivity index (χ2n) is 9.01. The van der Waals surface area contributed by atoms with Crippen molar-refractivity contribution in [1.29, 1.82) is 0 Å². The van der Waals surface area contributed by atoms with E-state index in [0.717, 1.165) is 37.7 Å². The van der Waals surface area contributed by atoms with Gasteiger partial charge in [0.25, 0.3) is 0 Å². The second kappa shape index (κ2) is 11.7. The van der Waals surface area contributed by atoms with Gasteiger partial charge in [0.1, 0.15) is 18.2 Å². The Balaban J connectivity index is 1.57. The summed E-state index contributed by atoms with van der Waals surface area (Å²) in [5.41, 5.74) is 0.449. The molecule has 2 aromatic carbocycles. The van der Waals surface area contributed by atoms with E-state index in [4.69, 9.17) is 4.74 Å². The van der Waals surface area contributed by atoms with Gasteiger partial charge in [0.15, 0.2) is 0 Å². The molecule has 1 aliphatic heterocycles. The third-order valence-corrected chi connectivity index (χ3v) is 6.55. The Labute approximate surface area is 217 Å². The zero-order chi connectivity index (χ0) is 27.3. The lowest BCUT2D eigenvalue weighted by atomic mass is 9.89. The maximum Gasteiger partial charge on any atom is 0.419 e. The molecule has 0 atom stereocenters. The average molecular weight is 533 g/mol. The number of carbonyl (C=O) groups is 1. The van der Waals surface area contributed by atoms with Crippen LogP contribution < -0.4 is 15.4 Å². The Hall–Kier alpha value is -3.86. The predicted molar refractivity (Wildman–Crippen MR) is 137 cm³/mol. The summed E-state index contributed by atoms with van der Waals surface area (Å²) in [7, 11) is 1.51. The van der Waals surface area contributed by atoms with E-state index >= 15 is 0 Å². The van der Waals surface area contributed by atoms with Crippen molar-refractivity contribution in [3.05, 3.63) is 71.4 Å². The summed E-state index contributed by atoms with van der Waals surface area (Å²) >= 11 is 0. The first-order valence-electron chi connectivity index (χ1n) is 12.1. The number of benzene rings is 2. The van der Waals surface area contributed by atoms with Crippen LogP contribution in [0.15, 0.2) is 54.7 Å². The molecule has 1 saturated heterocycles. The number of nitrogens with one attached hydrogen (secondary N) is 2. The van der Waals surface area contributed by atoms with Gasteiger partial charge in [0, 0.05) is 24.5 Å². The number of pyridine rings is 1. The van der Waals surface area contributed by atoms with Crippen molar-refractivity contribution in [2.24, 2.45) is 0 Å². The summed E-state index contributed by atoms with van der Waals surface area (Å²) < 4.78 is 59.2. The Bertz CT molecular complexity index is 1280. The number of hydrogen-bond acceptors (Lipinski definition) is 6. The highest BCUT2D eigenvalue weighted by Crippen LogP contribution is 2.39. The molecule has 3 N–H and O–H groups in total. The molecule has 3 aromatic rings. The molecular formula is C27H28F4N4O3. The molecule has 7 nitrogen and oxygen atoms in total. The monoisotopic (exact) mass is 532 g/mol. The van der Waals surface area contributed by atoms with Crippen molar-refractivity contribution >= 4 is 28.8 Å². The quantitative estimate of drug-likeness (QED) is 0.273. The molecule has 1 aliphatic rings. The van der Waals surface area contributed by atoms with Gasteiger partial charge >= 0.3 is 12.1 Å². The highest BCUT2D eigenvalue weighted by atomic mass is 19.4. The zero-order valence-electron chi connectivity index (χ0n) is 20.7. The van der Waals surface area contributed by atoms with Crippen LogP contribution >= 0.6 is 0 Å². The minimum Gasteiger partial charge on any atom is -0.495 e. The van der Waals surface area contributed by atoms with E-state index in [1.54, 1.807) is 6.07 Å². The SMILES string of the molecule is COc1cc(C2CCN(CCF)CC2)ccc1Nc1cc(Nc2cccc(C(=O)O)c2)c(C(F)(F)F)cn1. The van der Waals surface area contributed by atoms with E-state index in [-0.39, 0.29) is 29.4 Å². The van der Waals surface area contributed by atoms with E-state index in [2.05, 4.69) is 20.5 Å². The summed E-state index contributed by atoms with van der Waals surface area (Å²) in [5, 5.41) is 14.9. The van der Waals surface area contributed by atoms with E-state index in [1.807, 2.05) is 12.1 Å². The molecule has 11 heteroatoms. The molecule has 1 aromatic heterocycles. The number of halogens is 4. The first-order chi connectivity index (χ1) is 18.2. The minimum atomic E-state index is -4.68. The topological polar surface area (TPSA) is 86.7 Å². The lowest BCUT2D eigenvalue weighted by Crippen LogP contribution is -2.34. The Kier molecular flexibility index (Phi) is 8.35. The van der Waals surface area contributed by atoms with Crippen LogP contribution in [-0.2, 0) is 6.18 Å². The largest absolute Gasteiger partial charge is 0.495 e. The Morgan fingerprint density at radius 1 is 1.11 bits per heavy atom. The van der Waals surface area contributed by atoms with Gasteiger partial charge in [0.05, 0.1) is 29.6 Å². The number of carboxylic acids is 1. The van der Waals surface area contributed by atoms with Gasteiger partial charge in [-0.25, -0.2) is 14.2 Å². The van der Waals surface area contributed by atoms with Crippen LogP contribution in [-0.4, -0.2) is 54.4 Å². The summed E-state index contributed by atoms with van der Waals surface area (Å²) in [6, 6.07) is 12.4. The van der Waals surface area contributed by atoms with Crippen LogP contribution in [0.3, 0.4) is 0 Å². The smallest absolute Gasteiger partial charge is 0.419 e. The zero-order valence-corrected chi connectivity index (χ0v) is 20.7. The number of ether oxygens (including phenoxy) is 1. The Morgan fingerprint density at radius 2 is 1.87 bits per heavy atom. The third-order valence-electron chi connectivity index (χ3n) is 6.55. The number of carboxylic acid groups (broad SMARTS) is 1. The molecule has 0 saturated carbocycles. The molecule has 0 bridgehead atoms. The standard InChI is InChI=1S/C27H28F4N4O3/c1-38-24-14-18(17-7-10-35(11-8-17)12-9-28)5-6-22(24)34-25-15-23(21(16-32-25)27(29,30)31)33-20-4-2-3-19(13-20)26(36)37/h2-6,13-17H,7-12H2,1H3,(H,36,37)(H2,32,33,34). The molecule has 0 amide bonds. The van der Waals surface area contributed by atoms with Gasteiger partial charge in [-0.3, -0.25) is 0 Å². The number of piperidine rings is 1. The average Bonchev–Trinajstić information content (AvgIpc) is 2.89. The number of aromatic nitrogens is 1. The summed E-state index contributed by atoms with van der Waals surface area (Å²) in [6.07, 6.45) is -2.17. The van der Waals surface area contributed by atoms with Gasteiger partial charge in [0.2, 0.25) is 0 Å². The molecule has 0 aliphatic carbocycles. The maximum atomic E-state index is 13.7. The van der Waals surface area contributed by atoms with Crippen molar-refractivity contribution in [1.82, 2.24) is 9.88 Å². The van der Waals surface area contributed by atoms with Crippen molar-refractivity contribution in [3.63, 3.8) is 0 Å².